The number of phenolic OH excluding ortho intramolecular Hbond substituents is 1. The fourth-order valence-corrected chi connectivity index (χ4v) is 9.98. The average Bonchev–Trinajstić information content (AvgIpc) is 3.67. The van der Waals surface area contributed by atoms with Crippen molar-refractivity contribution in [1.29, 1.82) is 0 Å². The maximum absolute atomic E-state index is 14.8. The SMILES string of the molecule is C=CCN1CC(=O)N2[C@@H](Cc3ccc(O)cc3)C(=O)N(Cc3cccc4c(-c5ccc(NC(=O)N6CCC(N7CCOCC7)CC6)cc5)cn(C)c34)C[C@@H]2N1C(=O)NCc1ccccc1. The highest BCUT2D eigenvalue weighted by Gasteiger charge is 2.51. The van der Waals surface area contributed by atoms with Crippen LogP contribution in [0.15, 0.2) is 116 Å². The van der Waals surface area contributed by atoms with Crippen LogP contribution in [0, 0.1) is 0 Å². The molecule has 4 fully saturated rings. The van der Waals surface area contributed by atoms with E-state index in [2.05, 4.69) is 38.9 Å². The maximum Gasteiger partial charge on any atom is 0.334 e. The van der Waals surface area contributed by atoms with Crippen molar-refractivity contribution in [3.8, 4) is 16.9 Å². The van der Waals surface area contributed by atoms with Gasteiger partial charge in [-0.1, -0.05) is 78.9 Å². The van der Waals surface area contributed by atoms with E-state index in [1.54, 1.807) is 50.2 Å². The number of amides is 6. The van der Waals surface area contributed by atoms with Gasteiger partial charge in [0.15, 0.2) is 0 Å². The first-order chi connectivity index (χ1) is 31.6. The number of rotatable bonds is 11. The van der Waals surface area contributed by atoms with Gasteiger partial charge in [0, 0.05) is 88.2 Å². The Morgan fingerprint density at radius 1 is 0.862 bits per heavy atom. The second-order valence-corrected chi connectivity index (χ2v) is 17.4. The minimum atomic E-state index is -0.912. The van der Waals surface area contributed by atoms with Crippen LogP contribution in [0.3, 0.4) is 0 Å². The third-order valence-corrected chi connectivity index (χ3v) is 13.2. The van der Waals surface area contributed by atoms with E-state index in [4.69, 9.17) is 4.74 Å². The van der Waals surface area contributed by atoms with Gasteiger partial charge >= 0.3 is 12.1 Å². The molecule has 6 amide bonds. The topological polar surface area (TPSA) is 146 Å². The number of morpholine rings is 1. The molecular formula is C50H57N9O6. The highest BCUT2D eigenvalue weighted by atomic mass is 16.5. The number of phenols is 1. The summed E-state index contributed by atoms with van der Waals surface area (Å²) in [4.78, 5) is 64.3. The summed E-state index contributed by atoms with van der Waals surface area (Å²) in [6.45, 7) is 9.55. The Kier molecular flexibility index (Phi) is 12.9. The normalized spacial score (nSPS) is 20.0. The number of carbonyl (C=O) groups is 4. The van der Waals surface area contributed by atoms with Gasteiger partial charge in [0.1, 0.15) is 18.0 Å². The maximum atomic E-state index is 14.8. The summed E-state index contributed by atoms with van der Waals surface area (Å²) in [6, 6.07) is 29.4. The minimum absolute atomic E-state index is 0.0792. The molecule has 1 aromatic heterocycles. The zero-order chi connectivity index (χ0) is 45.0. The highest BCUT2D eigenvalue weighted by Crippen LogP contribution is 2.35. The van der Waals surface area contributed by atoms with Crippen LogP contribution < -0.4 is 10.6 Å². The molecule has 5 aromatic rings. The Hall–Kier alpha value is -6.68. The van der Waals surface area contributed by atoms with Gasteiger partial charge in [-0.15, -0.1) is 6.58 Å². The Bertz CT molecular complexity index is 2520. The standard InChI is InChI=1S/C50H57N9O6/c1-3-22-57-34-46(61)58-44(29-35-12-18-41(60)19-13-35)48(62)56(33-45(58)59(57)49(63)51-30-36-8-5-4-6-9-36)31-38-10-7-11-42-43(32-53(2)47(38)42)37-14-16-39(17-15-37)52-50(64)55-23-20-40(21-24-55)54-25-27-65-28-26-54/h3-19,32,40,44-45,60H,1,20-31,33-34H2,2H3,(H,51,63)(H,52,64)/t44-,45-/m0/s1. The molecule has 4 aliphatic rings. The van der Waals surface area contributed by atoms with E-state index < -0.39 is 12.2 Å². The average molecular weight is 880 g/mol. The van der Waals surface area contributed by atoms with Crippen LogP contribution in [0.4, 0.5) is 15.3 Å². The van der Waals surface area contributed by atoms with Crippen LogP contribution in [-0.2, 0) is 40.9 Å². The first-order valence-corrected chi connectivity index (χ1v) is 22.5. The molecule has 3 N–H and O–H groups in total. The van der Waals surface area contributed by atoms with Crippen molar-refractivity contribution in [3.05, 3.63) is 133 Å². The number of piperidine rings is 1. The summed E-state index contributed by atoms with van der Waals surface area (Å²) < 4.78 is 7.60. The zero-order valence-corrected chi connectivity index (χ0v) is 36.8. The number of aromatic hydroxyl groups is 1. The van der Waals surface area contributed by atoms with Crippen molar-refractivity contribution in [2.45, 2.75) is 50.6 Å². The van der Waals surface area contributed by atoms with Crippen molar-refractivity contribution in [3.63, 3.8) is 0 Å². The molecule has 0 saturated carbocycles. The van der Waals surface area contributed by atoms with Crippen LogP contribution in [0.25, 0.3) is 22.0 Å². The van der Waals surface area contributed by atoms with Crippen LogP contribution in [0.2, 0.25) is 0 Å². The number of urea groups is 2. The monoisotopic (exact) mass is 879 g/mol. The number of nitrogens with one attached hydrogen (secondary N) is 2. The van der Waals surface area contributed by atoms with E-state index in [0.29, 0.717) is 6.04 Å². The molecule has 65 heavy (non-hydrogen) atoms. The quantitative estimate of drug-likeness (QED) is 0.145. The first kappa shape index (κ1) is 43.6. The van der Waals surface area contributed by atoms with E-state index in [1.807, 2.05) is 78.7 Å². The summed E-state index contributed by atoms with van der Waals surface area (Å²) in [5.41, 5.74) is 6.28. The Morgan fingerprint density at radius 3 is 2.32 bits per heavy atom. The highest BCUT2D eigenvalue weighted by molar-refractivity contribution is 5.99. The summed E-state index contributed by atoms with van der Waals surface area (Å²) in [5.74, 6) is -0.387. The van der Waals surface area contributed by atoms with Gasteiger partial charge in [-0.2, -0.15) is 0 Å². The molecule has 15 heteroatoms. The predicted molar refractivity (Wildman–Crippen MR) is 248 cm³/mol. The molecule has 15 nitrogen and oxygen atoms in total. The second kappa shape index (κ2) is 19.2. The number of fused-ring (bicyclic) bond motifs is 2. The van der Waals surface area contributed by atoms with Crippen LogP contribution >= 0.6 is 0 Å². The van der Waals surface area contributed by atoms with Crippen molar-refractivity contribution in [1.82, 2.24) is 39.5 Å². The number of piperazine rings is 1. The minimum Gasteiger partial charge on any atom is -0.508 e. The molecule has 4 saturated heterocycles. The number of hydrogen-bond acceptors (Lipinski definition) is 8. The lowest BCUT2D eigenvalue weighted by molar-refractivity contribution is -0.189. The van der Waals surface area contributed by atoms with E-state index in [9.17, 15) is 24.3 Å². The number of benzene rings is 4. The fourth-order valence-electron chi connectivity index (χ4n) is 9.98. The number of ether oxygens (including phenoxy) is 1. The van der Waals surface area contributed by atoms with Crippen LogP contribution in [0.1, 0.15) is 29.5 Å². The number of anilines is 1. The van der Waals surface area contributed by atoms with Crippen molar-refractivity contribution < 1.29 is 29.0 Å². The number of aromatic nitrogens is 1. The van der Waals surface area contributed by atoms with Crippen LogP contribution in [-0.4, -0.2) is 140 Å². The summed E-state index contributed by atoms with van der Waals surface area (Å²) in [5, 5.41) is 20.5. The first-order valence-electron chi connectivity index (χ1n) is 22.5. The van der Waals surface area contributed by atoms with E-state index >= 15 is 0 Å². The molecule has 338 valence electrons. The van der Waals surface area contributed by atoms with Gasteiger partial charge in [0.05, 0.1) is 31.8 Å². The van der Waals surface area contributed by atoms with Gasteiger partial charge in [-0.3, -0.25) is 14.5 Å². The van der Waals surface area contributed by atoms with Crippen molar-refractivity contribution in [2.75, 3.05) is 64.3 Å². The van der Waals surface area contributed by atoms with Gasteiger partial charge in [-0.25, -0.2) is 19.6 Å². The number of carbonyl (C=O) groups excluding carboxylic acids is 4. The number of hydrogen-bond donors (Lipinski definition) is 3. The summed E-state index contributed by atoms with van der Waals surface area (Å²) >= 11 is 0. The molecule has 4 aromatic carbocycles. The van der Waals surface area contributed by atoms with Gasteiger partial charge < -0.3 is 39.7 Å². The molecular weight excluding hydrogens is 823 g/mol. The number of para-hydroxylation sites is 1. The fraction of sp³-hybridized carbons (Fsp3) is 0.360. The zero-order valence-electron chi connectivity index (χ0n) is 36.8. The molecule has 4 aliphatic heterocycles. The Labute approximate surface area is 379 Å². The van der Waals surface area contributed by atoms with E-state index in [0.717, 1.165) is 96.6 Å². The molecule has 0 bridgehead atoms. The predicted octanol–water partition coefficient (Wildman–Crippen LogP) is 5.62. The second-order valence-electron chi connectivity index (χ2n) is 17.4. The van der Waals surface area contributed by atoms with Gasteiger partial charge in [0.2, 0.25) is 11.8 Å². The van der Waals surface area contributed by atoms with Crippen LogP contribution in [0.5, 0.6) is 5.75 Å². The lowest BCUT2D eigenvalue weighted by Gasteiger charge is -2.55. The Balaban J connectivity index is 0.956. The van der Waals surface area contributed by atoms with E-state index in [-0.39, 0.29) is 68.8 Å². The molecule has 9 rings (SSSR count). The van der Waals surface area contributed by atoms with Crippen molar-refractivity contribution >= 4 is 40.5 Å². The van der Waals surface area contributed by atoms with E-state index in [1.165, 1.54) is 0 Å². The smallest absolute Gasteiger partial charge is 0.334 e. The third-order valence-electron chi connectivity index (χ3n) is 13.2. The molecule has 2 atom stereocenters. The summed E-state index contributed by atoms with van der Waals surface area (Å²) in [6.07, 6.45) is 5.05. The van der Waals surface area contributed by atoms with Crippen molar-refractivity contribution in [2.24, 2.45) is 7.05 Å². The molecule has 0 radical (unpaired) electrons. The number of hydrazine groups is 1. The molecule has 5 heterocycles. The lowest BCUT2D eigenvalue weighted by atomic mass is 9.97. The number of nitrogens with zero attached hydrogens (tertiary/aromatic N) is 7. The largest absolute Gasteiger partial charge is 0.508 e. The molecule has 0 unspecified atom stereocenters. The van der Waals surface area contributed by atoms with Gasteiger partial charge in [0.25, 0.3) is 0 Å². The lowest BCUT2D eigenvalue weighted by Crippen LogP contribution is -2.76. The molecule has 0 aliphatic carbocycles. The number of likely N-dealkylation sites (tertiary alicyclic amines) is 1. The van der Waals surface area contributed by atoms with Gasteiger partial charge in [-0.05, 0) is 59.4 Å². The third kappa shape index (κ3) is 9.30. The number of aryl methyl sites for hydroxylation is 1. The molecule has 0 spiro atoms. The summed E-state index contributed by atoms with van der Waals surface area (Å²) in [7, 11) is 1.99. The Morgan fingerprint density at radius 2 is 1.60 bits per heavy atom.